The van der Waals surface area contributed by atoms with Crippen molar-refractivity contribution in [3.8, 4) is 0 Å². The van der Waals surface area contributed by atoms with Gasteiger partial charge in [-0.1, -0.05) is 13.0 Å². The molecule has 0 heterocycles. The second kappa shape index (κ2) is 4.13. The van der Waals surface area contributed by atoms with Crippen LogP contribution in [0.1, 0.15) is 40.0 Å². The highest BCUT2D eigenvalue weighted by Crippen LogP contribution is 2.63. The predicted molar refractivity (Wildman–Crippen MR) is 65.3 cm³/mol. The van der Waals surface area contributed by atoms with Crippen molar-refractivity contribution in [3.63, 3.8) is 0 Å². The van der Waals surface area contributed by atoms with Gasteiger partial charge in [0.2, 0.25) is 0 Å². The first-order valence-corrected chi connectivity index (χ1v) is 6.47. The fraction of sp³-hybridized carbons (Fsp3) is 0.786. The van der Waals surface area contributed by atoms with Gasteiger partial charge in [0.1, 0.15) is 0 Å². The van der Waals surface area contributed by atoms with E-state index in [0.717, 1.165) is 19.3 Å². The van der Waals surface area contributed by atoms with Crippen LogP contribution in [0.2, 0.25) is 0 Å². The van der Waals surface area contributed by atoms with E-state index < -0.39 is 5.60 Å². The van der Waals surface area contributed by atoms with Gasteiger partial charge >= 0.3 is 5.97 Å². The van der Waals surface area contributed by atoms with Crippen molar-refractivity contribution in [1.29, 1.82) is 0 Å². The lowest BCUT2D eigenvalue weighted by molar-refractivity contribution is -0.137. The van der Waals surface area contributed by atoms with Crippen LogP contribution in [0.15, 0.2) is 12.2 Å². The number of esters is 1. The second-order valence-electron chi connectivity index (χ2n) is 5.90. The molecule has 0 saturated heterocycles. The van der Waals surface area contributed by atoms with Gasteiger partial charge in [-0.2, -0.15) is 0 Å². The van der Waals surface area contributed by atoms with Gasteiger partial charge in [0.05, 0.1) is 12.2 Å². The third kappa shape index (κ3) is 2.13. The van der Waals surface area contributed by atoms with Gasteiger partial charge < -0.3 is 9.84 Å². The number of hydrogen-bond acceptors (Lipinski definition) is 3. The van der Waals surface area contributed by atoms with E-state index in [2.05, 4.69) is 6.92 Å². The molecule has 1 N–H and O–H groups in total. The van der Waals surface area contributed by atoms with Gasteiger partial charge in [0.15, 0.2) is 0 Å². The predicted octanol–water partition coefficient (Wildman–Crippen LogP) is 2.29. The van der Waals surface area contributed by atoms with E-state index >= 15 is 0 Å². The van der Waals surface area contributed by atoms with Crippen LogP contribution in [0.25, 0.3) is 0 Å². The maximum atomic E-state index is 11.3. The van der Waals surface area contributed by atoms with Gasteiger partial charge in [-0.25, -0.2) is 4.79 Å². The SMILES string of the molecule is CCOC(=O)/C=C/C1(C)C[C@H]2[C@@H]1CC[C@@]2(C)O. The Morgan fingerprint density at radius 1 is 1.47 bits per heavy atom. The Labute approximate surface area is 103 Å². The zero-order valence-corrected chi connectivity index (χ0v) is 10.9. The second-order valence-corrected chi connectivity index (χ2v) is 5.90. The fourth-order valence-electron chi connectivity index (χ4n) is 3.52. The Bertz CT molecular complexity index is 345. The first kappa shape index (κ1) is 12.6. The highest BCUT2D eigenvalue weighted by Gasteiger charge is 2.59. The minimum absolute atomic E-state index is 0.0674. The van der Waals surface area contributed by atoms with Gasteiger partial charge in [-0.05, 0) is 50.4 Å². The molecule has 1 unspecified atom stereocenters. The molecule has 2 aliphatic rings. The fourth-order valence-corrected chi connectivity index (χ4v) is 3.52. The van der Waals surface area contributed by atoms with Crippen LogP contribution in [-0.2, 0) is 9.53 Å². The summed E-state index contributed by atoms with van der Waals surface area (Å²) in [5, 5.41) is 10.2. The summed E-state index contributed by atoms with van der Waals surface area (Å²) in [5.74, 6) is 0.657. The molecule has 3 nitrogen and oxygen atoms in total. The average Bonchev–Trinajstić information content (AvgIpc) is 2.48. The lowest BCUT2D eigenvalue weighted by Gasteiger charge is -2.52. The molecular formula is C14H22O3. The molecule has 2 fully saturated rings. The summed E-state index contributed by atoms with van der Waals surface area (Å²) in [5.41, 5.74) is -0.431. The molecule has 2 aliphatic carbocycles. The minimum Gasteiger partial charge on any atom is -0.463 e. The Kier molecular flexibility index (Phi) is 3.06. The van der Waals surface area contributed by atoms with Crippen LogP contribution in [-0.4, -0.2) is 23.3 Å². The third-order valence-corrected chi connectivity index (χ3v) is 4.64. The molecule has 4 atom stereocenters. The van der Waals surface area contributed by atoms with Crippen molar-refractivity contribution in [2.24, 2.45) is 17.3 Å². The minimum atomic E-state index is -0.498. The van der Waals surface area contributed by atoms with Crippen molar-refractivity contribution in [1.82, 2.24) is 0 Å². The van der Waals surface area contributed by atoms with Crippen LogP contribution in [0, 0.1) is 17.3 Å². The lowest BCUT2D eigenvalue weighted by atomic mass is 9.54. The lowest BCUT2D eigenvalue weighted by Crippen LogP contribution is -2.49. The summed E-state index contributed by atoms with van der Waals surface area (Å²) >= 11 is 0. The van der Waals surface area contributed by atoms with Gasteiger partial charge in [0, 0.05) is 6.08 Å². The maximum Gasteiger partial charge on any atom is 0.330 e. The Balaban J connectivity index is 1.98. The number of allylic oxidation sites excluding steroid dienone is 1. The van der Waals surface area contributed by atoms with E-state index in [4.69, 9.17) is 4.74 Å². The van der Waals surface area contributed by atoms with Crippen LogP contribution >= 0.6 is 0 Å². The summed E-state index contributed by atoms with van der Waals surface area (Å²) in [4.78, 5) is 11.3. The number of aliphatic hydroxyl groups is 1. The molecule has 2 saturated carbocycles. The summed E-state index contributed by atoms with van der Waals surface area (Å²) in [6.45, 7) is 6.33. The van der Waals surface area contributed by atoms with Crippen LogP contribution < -0.4 is 0 Å². The summed E-state index contributed by atoms with van der Waals surface area (Å²) in [6, 6.07) is 0. The van der Waals surface area contributed by atoms with Gasteiger partial charge in [-0.15, -0.1) is 0 Å². The first-order valence-electron chi connectivity index (χ1n) is 6.47. The molecular weight excluding hydrogens is 216 g/mol. The molecule has 3 heteroatoms. The molecule has 0 aromatic carbocycles. The number of ether oxygens (including phenoxy) is 1. The quantitative estimate of drug-likeness (QED) is 0.606. The molecule has 2 rings (SSSR count). The zero-order chi connectivity index (χ0) is 12.7. The molecule has 0 aromatic heterocycles. The Hall–Kier alpha value is -0.830. The molecule has 17 heavy (non-hydrogen) atoms. The number of carbonyl (C=O) groups excluding carboxylic acids is 1. The third-order valence-electron chi connectivity index (χ3n) is 4.64. The van der Waals surface area contributed by atoms with E-state index in [1.165, 1.54) is 0 Å². The van der Waals surface area contributed by atoms with E-state index in [9.17, 15) is 9.90 Å². The molecule has 0 radical (unpaired) electrons. The smallest absolute Gasteiger partial charge is 0.330 e. The van der Waals surface area contributed by atoms with Crippen molar-refractivity contribution in [3.05, 3.63) is 12.2 Å². The number of hydrogen-bond donors (Lipinski definition) is 1. The highest BCUT2D eigenvalue weighted by molar-refractivity contribution is 5.82. The number of rotatable bonds is 3. The molecule has 96 valence electrons. The zero-order valence-electron chi connectivity index (χ0n) is 10.9. The topological polar surface area (TPSA) is 46.5 Å². The monoisotopic (exact) mass is 238 g/mol. The molecule has 0 spiro atoms. The maximum absolute atomic E-state index is 11.3. The largest absolute Gasteiger partial charge is 0.463 e. The van der Waals surface area contributed by atoms with Gasteiger partial charge in [-0.3, -0.25) is 0 Å². The molecule has 0 amide bonds. The van der Waals surface area contributed by atoms with Crippen molar-refractivity contribution < 1.29 is 14.6 Å². The summed E-state index contributed by atoms with van der Waals surface area (Å²) in [6.07, 6.45) is 6.44. The van der Waals surface area contributed by atoms with Crippen molar-refractivity contribution in [2.75, 3.05) is 6.61 Å². The summed E-state index contributed by atoms with van der Waals surface area (Å²) < 4.78 is 4.88. The summed E-state index contributed by atoms with van der Waals surface area (Å²) in [7, 11) is 0. The van der Waals surface area contributed by atoms with Crippen LogP contribution in [0.4, 0.5) is 0 Å². The average molecular weight is 238 g/mol. The first-order chi connectivity index (χ1) is 7.89. The Morgan fingerprint density at radius 3 is 2.76 bits per heavy atom. The van der Waals surface area contributed by atoms with Crippen LogP contribution in [0.3, 0.4) is 0 Å². The molecule has 0 aromatic rings. The molecule has 0 bridgehead atoms. The normalized spacial score (nSPS) is 44.5. The van der Waals surface area contributed by atoms with E-state index in [1.54, 1.807) is 13.0 Å². The van der Waals surface area contributed by atoms with Crippen molar-refractivity contribution >= 4 is 5.97 Å². The number of carbonyl (C=O) groups is 1. The Morgan fingerprint density at radius 2 is 2.18 bits per heavy atom. The highest BCUT2D eigenvalue weighted by atomic mass is 16.5. The van der Waals surface area contributed by atoms with E-state index in [0.29, 0.717) is 18.4 Å². The van der Waals surface area contributed by atoms with Crippen LogP contribution in [0.5, 0.6) is 0 Å². The standard InChI is InChI=1S/C14H22O3/c1-4-17-12(15)6-7-13(2)9-11-10(13)5-8-14(11,3)16/h6-7,10-11,16H,4-5,8-9H2,1-3H3/b7-6+/t10-,11-,13?,14+/m0/s1. The molecule has 0 aliphatic heterocycles. The number of fused-ring (bicyclic) bond motifs is 1. The van der Waals surface area contributed by atoms with Gasteiger partial charge in [0.25, 0.3) is 0 Å². The van der Waals surface area contributed by atoms with E-state index in [-0.39, 0.29) is 11.4 Å². The van der Waals surface area contributed by atoms with E-state index in [1.807, 2.05) is 13.0 Å². The van der Waals surface area contributed by atoms with Crippen molar-refractivity contribution in [2.45, 2.75) is 45.6 Å².